The predicted molar refractivity (Wildman–Crippen MR) is 172 cm³/mol. The molecule has 1 unspecified atom stereocenters. The highest BCUT2D eigenvalue weighted by Gasteiger charge is 2.36. The number of amides is 3. The molecule has 0 saturated carbocycles. The number of likely N-dealkylation sites (N-methyl/N-ethyl adjacent to an activating group) is 1. The van der Waals surface area contributed by atoms with Crippen LogP contribution in [-0.4, -0.2) is 71.8 Å². The van der Waals surface area contributed by atoms with Crippen LogP contribution in [0.2, 0.25) is 0 Å². The number of carbonyl (C=O) groups excluding carboxylic acids is 3. The Morgan fingerprint density at radius 3 is 2.00 bits per heavy atom. The smallest absolute Gasteiger partial charge is 0.246 e. The molecule has 41 heavy (non-hydrogen) atoms. The van der Waals surface area contributed by atoms with E-state index in [4.69, 9.17) is 0 Å². The van der Waals surface area contributed by atoms with Crippen LogP contribution in [0.5, 0.6) is 0 Å². The van der Waals surface area contributed by atoms with Gasteiger partial charge in [0.15, 0.2) is 0 Å². The van der Waals surface area contributed by atoms with E-state index in [0.29, 0.717) is 12.1 Å². The summed E-state index contributed by atoms with van der Waals surface area (Å²) in [6.07, 6.45) is 16.1. The van der Waals surface area contributed by atoms with Crippen molar-refractivity contribution in [3.05, 3.63) is 11.6 Å². The molecule has 1 rings (SSSR count). The lowest BCUT2D eigenvalue weighted by atomic mass is 9.95. The summed E-state index contributed by atoms with van der Waals surface area (Å²) in [5, 5.41) is 6.17. The van der Waals surface area contributed by atoms with Crippen molar-refractivity contribution >= 4 is 17.7 Å². The third-order valence-corrected chi connectivity index (χ3v) is 8.56. The maximum atomic E-state index is 13.8. The molecule has 0 aromatic heterocycles. The van der Waals surface area contributed by atoms with Crippen LogP contribution in [-0.2, 0) is 14.4 Å². The highest BCUT2D eigenvalue weighted by Crippen LogP contribution is 2.21. The predicted octanol–water partition coefficient (Wildman–Crippen LogP) is 6.47. The summed E-state index contributed by atoms with van der Waals surface area (Å²) in [5.41, 5.74) is 0.624. The van der Waals surface area contributed by atoms with E-state index in [1.807, 2.05) is 26.8 Å². The molecule has 1 saturated heterocycles. The molecule has 7 nitrogen and oxygen atoms in total. The molecule has 1 fully saturated rings. The zero-order valence-electron chi connectivity index (χ0n) is 28.1. The summed E-state index contributed by atoms with van der Waals surface area (Å²) in [7, 11) is 1.79. The largest absolute Gasteiger partial charge is 0.352 e. The fourth-order valence-electron chi connectivity index (χ4n) is 5.84. The summed E-state index contributed by atoms with van der Waals surface area (Å²) in [6, 6.07) is -0.771. The second-order valence-corrected chi connectivity index (χ2v) is 13.2. The Bertz CT molecular complexity index is 808. The first-order valence-electron chi connectivity index (χ1n) is 16.7. The van der Waals surface area contributed by atoms with Crippen molar-refractivity contribution in [2.75, 3.05) is 20.1 Å². The van der Waals surface area contributed by atoms with Crippen LogP contribution in [0.3, 0.4) is 0 Å². The van der Waals surface area contributed by atoms with Crippen molar-refractivity contribution in [2.45, 2.75) is 157 Å². The van der Waals surface area contributed by atoms with Gasteiger partial charge < -0.3 is 15.5 Å². The lowest BCUT2D eigenvalue weighted by Gasteiger charge is -2.39. The van der Waals surface area contributed by atoms with Crippen molar-refractivity contribution in [3.8, 4) is 0 Å². The number of piperidine rings is 1. The Hall–Kier alpha value is -1.89. The average molecular weight is 577 g/mol. The topological polar surface area (TPSA) is 81.8 Å². The third kappa shape index (κ3) is 13.3. The lowest BCUT2D eigenvalue weighted by Crippen LogP contribution is -2.58. The van der Waals surface area contributed by atoms with Crippen LogP contribution in [0.4, 0.5) is 0 Å². The monoisotopic (exact) mass is 576 g/mol. The Kier molecular flexibility index (Phi) is 18.2. The molecule has 7 heteroatoms. The summed E-state index contributed by atoms with van der Waals surface area (Å²) in [4.78, 5) is 43.9. The minimum Gasteiger partial charge on any atom is -0.352 e. The number of likely N-dealkylation sites (tertiary alicyclic amines) is 1. The van der Waals surface area contributed by atoms with Gasteiger partial charge in [0.05, 0.1) is 12.1 Å². The molecule has 0 radical (unpaired) electrons. The quantitative estimate of drug-likeness (QED) is 0.136. The van der Waals surface area contributed by atoms with Crippen molar-refractivity contribution in [1.82, 2.24) is 20.4 Å². The summed E-state index contributed by atoms with van der Waals surface area (Å²) >= 11 is 0. The molecule has 0 spiro atoms. The maximum absolute atomic E-state index is 13.8. The van der Waals surface area contributed by atoms with Gasteiger partial charge in [0.2, 0.25) is 17.7 Å². The number of hydrogen-bond donors (Lipinski definition) is 2. The first-order valence-corrected chi connectivity index (χ1v) is 16.7. The Morgan fingerprint density at radius 2 is 1.46 bits per heavy atom. The summed E-state index contributed by atoms with van der Waals surface area (Å²) < 4.78 is 0. The molecule has 1 aliphatic rings. The second kappa shape index (κ2) is 20.1. The van der Waals surface area contributed by atoms with Crippen molar-refractivity contribution in [1.29, 1.82) is 0 Å². The first kappa shape index (κ1) is 37.1. The van der Waals surface area contributed by atoms with Crippen LogP contribution in [0, 0.1) is 11.8 Å². The van der Waals surface area contributed by atoms with Crippen LogP contribution >= 0.6 is 0 Å². The Balaban J connectivity index is 2.72. The van der Waals surface area contributed by atoms with E-state index >= 15 is 0 Å². The van der Waals surface area contributed by atoms with Crippen LogP contribution in [0.15, 0.2) is 11.6 Å². The number of hydrogen-bond acceptors (Lipinski definition) is 4. The lowest BCUT2D eigenvalue weighted by molar-refractivity contribution is -0.140. The van der Waals surface area contributed by atoms with E-state index in [1.165, 1.54) is 44.9 Å². The first-order chi connectivity index (χ1) is 19.4. The van der Waals surface area contributed by atoms with Gasteiger partial charge >= 0.3 is 0 Å². The van der Waals surface area contributed by atoms with Gasteiger partial charge in [-0.1, -0.05) is 98.5 Å². The van der Waals surface area contributed by atoms with E-state index in [1.54, 1.807) is 11.9 Å². The van der Waals surface area contributed by atoms with Crippen molar-refractivity contribution < 1.29 is 14.4 Å². The van der Waals surface area contributed by atoms with Crippen molar-refractivity contribution in [2.24, 2.45) is 11.8 Å². The molecular weight excluding hydrogens is 512 g/mol. The van der Waals surface area contributed by atoms with Crippen LogP contribution in [0.1, 0.15) is 132 Å². The van der Waals surface area contributed by atoms with E-state index in [9.17, 15) is 14.4 Å². The van der Waals surface area contributed by atoms with Gasteiger partial charge in [-0.2, -0.15) is 0 Å². The van der Waals surface area contributed by atoms with Crippen LogP contribution in [0.25, 0.3) is 0 Å². The molecule has 0 aliphatic carbocycles. The fraction of sp³-hybridized carbons (Fsp3) is 0.853. The van der Waals surface area contributed by atoms with Gasteiger partial charge in [-0.25, -0.2) is 0 Å². The average Bonchev–Trinajstić information content (AvgIpc) is 2.93. The molecular formula is C34H64N4O3. The minimum absolute atomic E-state index is 0.0532. The SMILES string of the molecule is CCCCCCCCCCCNC(=O)/C(C)=C/[C@H](C(C)C)N(C)C(=O)[C@@H](NC(=O)C1CCCCN1C(C)C)C(C)C. The van der Waals surface area contributed by atoms with E-state index in [2.05, 4.69) is 50.2 Å². The molecule has 0 aromatic rings. The second-order valence-electron chi connectivity index (χ2n) is 13.2. The highest BCUT2D eigenvalue weighted by molar-refractivity contribution is 5.93. The normalized spacial score (nSPS) is 18.0. The van der Waals surface area contributed by atoms with Gasteiger partial charge in [0.25, 0.3) is 0 Å². The zero-order chi connectivity index (χ0) is 30.9. The third-order valence-electron chi connectivity index (χ3n) is 8.56. The molecule has 1 heterocycles. The molecule has 1 aliphatic heterocycles. The molecule has 2 N–H and O–H groups in total. The number of rotatable bonds is 19. The summed E-state index contributed by atoms with van der Waals surface area (Å²) in [6.45, 7) is 18.0. The van der Waals surface area contributed by atoms with E-state index in [-0.39, 0.29) is 47.7 Å². The van der Waals surface area contributed by atoms with Gasteiger partial charge in [0.1, 0.15) is 6.04 Å². The van der Waals surface area contributed by atoms with E-state index in [0.717, 1.165) is 38.6 Å². The minimum atomic E-state index is -0.612. The molecule has 238 valence electrons. The Morgan fingerprint density at radius 1 is 0.878 bits per heavy atom. The van der Waals surface area contributed by atoms with Gasteiger partial charge in [-0.15, -0.1) is 0 Å². The number of nitrogens with one attached hydrogen (secondary N) is 2. The maximum Gasteiger partial charge on any atom is 0.246 e. The van der Waals surface area contributed by atoms with Gasteiger partial charge in [-0.05, 0) is 58.4 Å². The summed E-state index contributed by atoms with van der Waals surface area (Å²) in [5.74, 6) is -0.179. The molecule has 0 aromatic carbocycles. The van der Waals surface area contributed by atoms with Gasteiger partial charge in [0, 0.05) is 25.2 Å². The zero-order valence-corrected chi connectivity index (χ0v) is 28.1. The molecule has 3 amide bonds. The van der Waals surface area contributed by atoms with Gasteiger partial charge in [-0.3, -0.25) is 19.3 Å². The number of nitrogens with zero attached hydrogens (tertiary/aromatic N) is 2. The molecule has 0 bridgehead atoms. The highest BCUT2D eigenvalue weighted by atomic mass is 16.2. The molecule has 3 atom stereocenters. The standard InChI is InChI=1S/C34H64N4O3/c1-10-11-12-13-14-15-16-17-19-22-35-32(39)28(8)24-30(25(2)3)37(9)34(41)31(26(4)5)36-33(40)29-21-18-20-23-38(29)27(6)7/h24-27,29-31H,10-23H2,1-9H3,(H,35,39)(H,36,40)/b28-24+/t29?,30-,31+/m1/s1. The fourth-order valence-corrected chi connectivity index (χ4v) is 5.84. The Labute approximate surface area is 252 Å². The number of carbonyl (C=O) groups is 3. The van der Waals surface area contributed by atoms with Crippen LogP contribution < -0.4 is 10.6 Å². The number of unbranched alkanes of at least 4 members (excludes halogenated alkanes) is 8. The van der Waals surface area contributed by atoms with Crippen molar-refractivity contribution in [3.63, 3.8) is 0 Å². The van der Waals surface area contributed by atoms with E-state index < -0.39 is 6.04 Å².